The van der Waals surface area contributed by atoms with E-state index < -0.39 is 24.4 Å². The molecule has 0 bridgehead atoms. The van der Waals surface area contributed by atoms with Crippen LogP contribution in [0, 0.1) is 0 Å². The minimum absolute atomic E-state index is 0.0895. The van der Waals surface area contributed by atoms with Crippen molar-refractivity contribution in [3.8, 4) is 0 Å². The number of ether oxygens (including phenoxy) is 3. The van der Waals surface area contributed by atoms with Gasteiger partial charge in [0.15, 0.2) is 0 Å². The maximum atomic E-state index is 11.1. The summed E-state index contributed by atoms with van der Waals surface area (Å²) in [6.45, 7) is 2.02. The van der Waals surface area contributed by atoms with Crippen molar-refractivity contribution in [2.45, 2.75) is 108 Å². The molecule has 31 heavy (non-hydrogen) atoms. The molecule has 0 aromatic rings. The van der Waals surface area contributed by atoms with Crippen LogP contribution < -0.4 is 0 Å². The lowest BCUT2D eigenvalue weighted by molar-refractivity contribution is -0.145. The molecule has 0 saturated carbocycles. The maximum Gasteiger partial charge on any atom is 0.305 e. The third kappa shape index (κ3) is 15.6. The van der Waals surface area contributed by atoms with Crippen molar-refractivity contribution >= 4 is 5.97 Å². The highest BCUT2D eigenvalue weighted by molar-refractivity contribution is 5.68. The molecule has 0 fully saturated rings. The summed E-state index contributed by atoms with van der Waals surface area (Å²) in [5.41, 5.74) is 0. The number of carbonyl (C=O) groups excluding carboxylic acids is 1. The molecule has 0 aliphatic carbocycles. The molecule has 0 aliphatic heterocycles. The second-order valence-electron chi connectivity index (χ2n) is 7.98. The predicted octanol–water partition coefficient (Wildman–Crippen LogP) is 2.34. The molecular formula is C23H46O8. The smallest absolute Gasteiger partial charge is 0.305 e. The van der Waals surface area contributed by atoms with Crippen molar-refractivity contribution < 1.29 is 39.4 Å². The fourth-order valence-electron chi connectivity index (χ4n) is 3.57. The summed E-state index contributed by atoms with van der Waals surface area (Å²) in [7, 11) is 1.39. The molecule has 186 valence electrons. The third-order valence-electron chi connectivity index (χ3n) is 5.40. The summed E-state index contributed by atoms with van der Waals surface area (Å²) in [4.78, 5) is 11.1. The van der Waals surface area contributed by atoms with Gasteiger partial charge >= 0.3 is 5.97 Å². The van der Waals surface area contributed by atoms with Gasteiger partial charge in [-0.3, -0.25) is 4.79 Å². The van der Waals surface area contributed by atoms with Crippen LogP contribution in [-0.2, 0) is 19.0 Å². The zero-order valence-corrected chi connectivity index (χ0v) is 19.5. The van der Waals surface area contributed by atoms with Crippen molar-refractivity contribution in [2.75, 3.05) is 33.5 Å². The molecule has 0 saturated heterocycles. The topological polar surface area (TPSA) is 126 Å². The van der Waals surface area contributed by atoms with Crippen LogP contribution in [0.4, 0.5) is 0 Å². The summed E-state index contributed by atoms with van der Waals surface area (Å²) in [6.07, 6.45) is 6.66. The zero-order chi connectivity index (χ0) is 23.3. The first-order valence-electron chi connectivity index (χ1n) is 11.9. The summed E-state index contributed by atoms with van der Waals surface area (Å²) in [5, 5.41) is 39.7. The molecule has 4 atom stereocenters. The van der Waals surface area contributed by atoms with E-state index >= 15 is 0 Å². The van der Waals surface area contributed by atoms with E-state index in [9.17, 15) is 15.0 Å². The monoisotopic (exact) mass is 450 g/mol. The molecule has 0 aromatic heterocycles. The van der Waals surface area contributed by atoms with Gasteiger partial charge in [0.25, 0.3) is 0 Å². The first kappa shape index (κ1) is 30.2. The van der Waals surface area contributed by atoms with Gasteiger partial charge in [-0.25, -0.2) is 0 Å². The van der Waals surface area contributed by atoms with E-state index in [0.717, 1.165) is 57.8 Å². The van der Waals surface area contributed by atoms with Crippen molar-refractivity contribution in [3.05, 3.63) is 0 Å². The van der Waals surface area contributed by atoms with Gasteiger partial charge in [-0.05, 0) is 19.3 Å². The van der Waals surface area contributed by atoms with Gasteiger partial charge in [0.05, 0.1) is 45.7 Å². The van der Waals surface area contributed by atoms with E-state index in [1.54, 1.807) is 0 Å². The highest BCUT2D eigenvalue weighted by Crippen LogP contribution is 2.20. The Labute approximate surface area is 187 Å². The minimum Gasteiger partial charge on any atom is -0.469 e. The Morgan fingerprint density at radius 2 is 1.19 bits per heavy atom. The van der Waals surface area contributed by atoms with E-state index in [1.165, 1.54) is 7.11 Å². The van der Waals surface area contributed by atoms with Gasteiger partial charge in [0, 0.05) is 6.42 Å². The number of carbonyl (C=O) groups is 1. The minimum atomic E-state index is -1.14. The van der Waals surface area contributed by atoms with Gasteiger partial charge in [-0.2, -0.15) is 0 Å². The van der Waals surface area contributed by atoms with Crippen molar-refractivity contribution in [1.29, 1.82) is 0 Å². The second kappa shape index (κ2) is 21.1. The van der Waals surface area contributed by atoms with Gasteiger partial charge in [-0.1, -0.05) is 58.3 Å². The van der Waals surface area contributed by atoms with Crippen LogP contribution >= 0.6 is 0 Å². The maximum absolute atomic E-state index is 11.1. The molecule has 0 spiro atoms. The number of rotatable bonds is 22. The van der Waals surface area contributed by atoms with Crippen LogP contribution in [0.25, 0.3) is 0 Å². The van der Waals surface area contributed by atoms with E-state index in [4.69, 9.17) is 19.7 Å². The highest BCUT2D eigenvalue weighted by atomic mass is 16.5. The molecule has 8 nitrogen and oxygen atoms in total. The van der Waals surface area contributed by atoms with Crippen LogP contribution in [-0.4, -0.2) is 84.3 Å². The molecule has 4 unspecified atom stereocenters. The van der Waals surface area contributed by atoms with Crippen LogP contribution in [0.5, 0.6) is 0 Å². The number of hydrogen-bond donors (Lipinski definition) is 4. The fraction of sp³-hybridized carbons (Fsp3) is 0.957. The van der Waals surface area contributed by atoms with Gasteiger partial charge < -0.3 is 34.6 Å². The van der Waals surface area contributed by atoms with Gasteiger partial charge in [0.2, 0.25) is 0 Å². The zero-order valence-electron chi connectivity index (χ0n) is 19.5. The van der Waals surface area contributed by atoms with Crippen molar-refractivity contribution in [2.24, 2.45) is 0 Å². The summed E-state index contributed by atoms with van der Waals surface area (Å²) in [5.74, 6) is -0.192. The lowest BCUT2D eigenvalue weighted by atomic mass is 9.95. The second-order valence-corrected chi connectivity index (χ2v) is 7.98. The number of aliphatic hydroxyl groups is 4. The molecule has 0 rings (SSSR count). The van der Waals surface area contributed by atoms with Gasteiger partial charge in [0.1, 0.15) is 12.2 Å². The molecule has 0 amide bonds. The Morgan fingerprint density at radius 1 is 0.742 bits per heavy atom. The van der Waals surface area contributed by atoms with E-state index in [-0.39, 0.29) is 32.4 Å². The molecule has 4 N–H and O–H groups in total. The normalized spacial score (nSPS) is 15.4. The van der Waals surface area contributed by atoms with Crippen LogP contribution in [0.2, 0.25) is 0 Å². The standard InChI is InChI=1S/C23H46O8/c1-3-4-5-9-12-19(30-17-15-24)22(27)23(28)20(31-18-16-25)13-10-7-6-8-11-14-21(26)29-2/h19-20,22-25,27-28H,3-18H2,1-2H3. The SMILES string of the molecule is CCCCCCC(OCCO)C(O)C(O)C(CCCCCCCC(=O)OC)OCCO. The molecule has 0 heterocycles. The number of esters is 1. The first-order chi connectivity index (χ1) is 15.0. The van der Waals surface area contributed by atoms with E-state index in [0.29, 0.717) is 19.3 Å². The Kier molecular flexibility index (Phi) is 20.6. The molecular weight excluding hydrogens is 404 g/mol. The quantitative estimate of drug-likeness (QED) is 0.146. The Morgan fingerprint density at radius 3 is 1.65 bits per heavy atom. The summed E-state index contributed by atoms with van der Waals surface area (Å²) in [6, 6.07) is 0. The third-order valence-corrected chi connectivity index (χ3v) is 5.40. The number of hydrogen-bond acceptors (Lipinski definition) is 8. The summed E-state index contributed by atoms with van der Waals surface area (Å²) >= 11 is 0. The van der Waals surface area contributed by atoms with Crippen LogP contribution in [0.15, 0.2) is 0 Å². The van der Waals surface area contributed by atoms with Crippen LogP contribution in [0.1, 0.15) is 84.0 Å². The average molecular weight is 451 g/mol. The van der Waals surface area contributed by atoms with Crippen LogP contribution in [0.3, 0.4) is 0 Å². The molecule has 0 aliphatic rings. The van der Waals surface area contributed by atoms with Crippen molar-refractivity contribution in [3.63, 3.8) is 0 Å². The Bertz CT molecular complexity index is 407. The molecule has 0 radical (unpaired) electrons. The lowest BCUT2D eigenvalue weighted by Gasteiger charge is -2.32. The largest absolute Gasteiger partial charge is 0.469 e. The average Bonchev–Trinajstić information content (AvgIpc) is 2.78. The number of aliphatic hydroxyl groups excluding tert-OH is 4. The van der Waals surface area contributed by atoms with E-state index in [1.807, 2.05) is 0 Å². The number of methoxy groups -OCH3 is 1. The molecule has 0 aromatic carbocycles. The predicted molar refractivity (Wildman–Crippen MR) is 119 cm³/mol. The fourth-order valence-corrected chi connectivity index (χ4v) is 3.57. The van der Waals surface area contributed by atoms with E-state index in [2.05, 4.69) is 11.7 Å². The molecule has 8 heteroatoms. The Hall–Kier alpha value is -0.770. The lowest BCUT2D eigenvalue weighted by Crippen LogP contribution is -2.47. The first-order valence-corrected chi connectivity index (χ1v) is 11.9. The highest BCUT2D eigenvalue weighted by Gasteiger charge is 2.33. The number of unbranched alkanes of at least 4 members (excludes halogenated alkanes) is 7. The summed E-state index contributed by atoms with van der Waals surface area (Å²) < 4.78 is 15.8. The van der Waals surface area contributed by atoms with Crippen molar-refractivity contribution in [1.82, 2.24) is 0 Å². The Balaban J connectivity index is 4.56. The van der Waals surface area contributed by atoms with Gasteiger partial charge in [-0.15, -0.1) is 0 Å².